The van der Waals surface area contributed by atoms with Gasteiger partial charge < -0.3 is 44.5 Å². The van der Waals surface area contributed by atoms with Gasteiger partial charge in [-0.15, -0.1) is 0 Å². The molecule has 4 atom stereocenters. The number of carbonyl (C=O) groups excluding carboxylic acids is 5. The first-order valence-corrected chi connectivity index (χ1v) is 7.84. The minimum absolute atomic E-state index is 0.481. The van der Waals surface area contributed by atoms with E-state index in [-0.39, 0.29) is 0 Å². The second-order valence-electron chi connectivity index (χ2n) is 5.74. The molecule has 0 heterocycles. The first kappa shape index (κ1) is 27.7. The van der Waals surface area contributed by atoms with Crippen LogP contribution in [0.25, 0.3) is 10.4 Å². The molecule has 0 bridgehead atoms. The lowest BCUT2D eigenvalue weighted by molar-refractivity contribution is -0.493. The minimum Gasteiger partial charge on any atom is -0.423 e. The quantitative estimate of drug-likeness (QED) is 0.0575. The van der Waals surface area contributed by atoms with Gasteiger partial charge >= 0.3 is 47.0 Å². The molecule has 174 valence electrons. The smallest absolute Gasteiger partial charge is 0.359 e. The molecule has 0 unspecified atom stereocenters. The van der Waals surface area contributed by atoms with Gasteiger partial charge in [-0.05, 0) is 10.6 Å². The van der Waals surface area contributed by atoms with Gasteiger partial charge in [-0.25, -0.2) is 0 Å². The van der Waals surface area contributed by atoms with Gasteiger partial charge in [0.25, 0.3) is 5.91 Å². The summed E-state index contributed by atoms with van der Waals surface area (Å²) in [4.78, 5) is 60.1. The number of amides is 1. The molecular formula is C14H19N3O14. The van der Waals surface area contributed by atoms with E-state index < -0.39 is 59.5 Å². The maximum absolute atomic E-state index is 12.2. The summed E-state index contributed by atoms with van der Waals surface area (Å²) in [5.74, 6) is -26.6. The van der Waals surface area contributed by atoms with Crippen LogP contribution < -0.4 is 0 Å². The summed E-state index contributed by atoms with van der Waals surface area (Å²) in [7, 11) is 0. The number of rotatable bonds is 9. The topological polar surface area (TPSA) is 272 Å². The molecule has 0 aromatic rings. The molecule has 0 radical (unpaired) electrons. The van der Waals surface area contributed by atoms with Crippen LogP contribution in [-0.2, 0) is 42.9 Å². The van der Waals surface area contributed by atoms with E-state index >= 15 is 0 Å². The summed E-state index contributed by atoms with van der Waals surface area (Å²) in [6.45, 7) is 0.132. The summed E-state index contributed by atoms with van der Waals surface area (Å²) in [6.07, 6.45) is 0. The largest absolute Gasteiger partial charge is 0.423 e. The lowest BCUT2D eigenvalue weighted by Gasteiger charge is -2.50. The standard InChI is InChI=1S/C14H19N3O14/c1-6(19)28-11(24,5-18)13(26,30-8(3)21)14(27,31-9(4)22)12(25,29-7(2)20)10(23)16-17-15/h18,24-27H,5H2,1-4H3/t11-,12+,13+,14-/m0/s1. The zero-order chi connectivity index (χ0) is 24.8. The molecule has 0 aliphatic carbocycles. The van der Waals surface area contributed by atoms with E-state index in [9.17, 15) is 49.5 Å². The second kappa shape index (κ2) is 9.65. The maximum Gasteiger partial charge on any atom is 0.359 e. The van der Waals surface area contributed by atoms with Crippen LogP contribution in [0.3, 0.4) is 0 Å². The van der Waals surface area contributed by atoms with Gasteiger partial charge in [0.05, 0.1) is 0 Å². The molecular weight excluding hydrogens is 434 g/mol. The van der Waals surface area contributed by atoms with Crippen LogP contribution in [-0.4, -0.2) is 85.1 Å². The molecule has 0 spiro atoms. The number of esters is 4. The molecule has 0 saturated heterocycles. The summed E-state index contributed by atoms with van der Waals surface area (Å²) in [6, 6.07) is 0. The number of nitrogens with zero attached hydrogens (tertiary/aromatic N) is 3. The maximum atomic E-state index is 12.2. The van der Waals surface area contributed by atoms with Crippen LogP contribution in [0.2, 0.25) is 0 Å². The molecule has 0 aromatic heterocycles. The van der Waals surface area contributed by atoms with Crippen molar-refractivity contribution in [3.05, 3.63) is 10.4 Å². The lowest BCUT2D eigenvalue weighted by Crippen LogP contribution is -2.82. The Morgan fingerprint density at radius 3 is 1.48 bits per heavy atom. The third-order valence-corrected chi connectivity index (χ3v) is 3.27. The average Bonchev–Trinajstić information content (AvgIpc) is 2.58. The van der Waals surface area contributed by atoms with Gasteiger partial charge in [0.2, 0.25) is 0 Å². The fourth-order valence-corrected chi connectivity index (χ4v) is 2.22. The number of carbonyl (C=O) groups is 5. The van der Waals surface area contributed by atoms with Gasteiger partial charge in [0, 0.05) is 32.6 Å². The number of aliphatic hydroxyl groups excluding tert-OH is 1. The SMILES string of the molecule is CC(=O)O[C@@](O)([C@@](O)(OC(C)=O)[C@](O)(OC(C)=O)C(=O)N=[N+]=[N-])[C@](O)(CO)OC(C)=O. The Balaban J connectivity index is 7.53. The fraction of sp³-hybridized carbons (Fsp3) is 0.643. The molecule has 0 aliphatic rings. The van der Waals surface area contributed by atoms with Crippen molar-refractivity contribution in [1.82, 2.24) is 0 Å². The van der Waals surface area contributed by atoms with Crippen molar-refractivity contribution >= 4 is 29.8 Å². The van der Waals surface area contributed by atoms with Crippen LogP contribution in [0, 0.1) is 0 Å². The number of aliphatic hydroxyl groups is 5. The van der Waals surface area contributed by atoms with E-state index in [1.165, 1.54) is 0 Å². The van der Waals surface area contributed by atoms with E-state index in [1.807, 2.05) is 4.91 Å². The molecule has 1 amide bonds. The van der Waals surface area contributed by atoms with E-state index in [4.69, 9.17) is 5.53 Å². The summed E-state index contributed by atoms with van der Waals surface area (Å²) in [5, 5.41) is 54.7. The summed E-state index contributed by atoms with van der Waals surface area (Å²) >= 11 is 0. The highest BCUT2D eigenvalue weighted by Gasteiger charge is 2.81. The number of hydrogen-bond donors (Lipinski definition) is 5. The van der Waals surface area contributed by atoms with Gasteiger partial charge in [-0.2, -0.15) is 0 Å². The van der Waals surface area contributed by atoms with Crippen LogP contribution >= 0.6 is 0 Å². The van der Waals surface area contributed by atoms with Crippen molar-refractivity contribution < 1.29 is 68.5 Å². The fourth-order valence-electron chi connectivity index (χ4n) is 2.22. The third kappa shape index (κ3) is 5.23. The highest BCUT2D eigenvalue weighted by Crippen LogP contribution is 2.44. The minimum atomic E-state index is -4.64. The Morgan fingerprint density at radius 1 is 0.774 bits per heavy atom. The van der Waals surface area contributed by atoms with Crippen molar-refractivity contribution in [2.45, 2.75) is 50.8 Å². The third-order valence-electron chi connectivity index (χ3n) is 3.27. The predicted octanol–water partition coefficient (Wildman–Crippen LogP) is -3.18. The van der Waals surface area contributed by atoms with Gasteiger partial charge in [0.1, 0.15) is 6.61 Å². The molecule has 17 heteroatoms. The first-order valence-electron chi connectivity index (χ1n) is 7.84. The van der Waals surface area contributed by atoms with Crippen LogP contribution in [0.15, 0.2) is 5.11 Å². The number of ether oxygens (including phenoxy) is 4. The van der Waals surface area contributed by atoms with Crippen LogP contribution in [0.5, 0.6) is 0 Å². The Hall–Kier alpha value is -3.34. The number of hydrogen-bond acceptors (Lipinski definition) is 14. The zero-order valence-corrected chi connectivity index (χ0v) is 16.5. The van der Waals surface area contributed by atoms with E-state index in [0.717, 1.165) is 0 Å². The summed E-state index contributed by atoms with van der Waals surface area (Å²) < 4.78 is 17.0. The lowest BCUT2D eigenvalue weighted by atomic mass is 9.87. The summed E-state index contributed by atoms with van der Waals surface area (Å²) in [5.41, 5.74) is 8.44. The van der Waals surface area contributed by atoms with Crippen LogP contribution in [0.1, 0.15) is 27.7 Å². The van der Waals surface area contributed by atoms with E-state index in [0.29, 0.717) is 27.7 Å². The highest BCUT2D eigenvalue weighted by molar-refractivity contribution is 5.88. The van der Waals surface area contributed by atoms with Crippen molar-refractivity contribution in [2.75, 3.05) is 6.61 Å². The first-order chi connectivity index (χ1) is 14.0. The molecule has 5 N–H and O–H groups in total. The Labute approximate surface area is 172 Å². The Kier molecular flexibility index (Phi) is 8.61. The average molecular weight is 453 g/mol. The number of azide groups is 1. The molecule has 0 rings (SSSR count). The molecule has 31 heavy (non-hydrogen) atoms. The highest BCUT2D eigenvalue weighted by atomic mass is 16.8. The van der Waals surface area contributed by atoms with Crippen LogP contribution in [0.4, 0.5) is 0 Å². The van der Waals surface area contributed by atoms with E-state index in [2.05, 4.69) is 24.1 Å². The van der Waals surface area contributed by atoms with E-state index in [1.54, 1.807) is 0 Å². The predicted molar refractivity (Wildman–Crippen MR) is 88.1 cm³/mol. The molecule has 0 saturated carbocycles. The zero-order valence-electron chi connectivity index (χ0n) is 16.5. The monoisotopic (exact) mass is 453 g/mol. The molecule has 0 fully saturated rings. The van der Waals surface area contributed by atoms with Crippen molar-refractivity contribution in [3.63, 3.8) is 0 Å². The molecule has 0 aromatic carbocycles. The van der Waals surface area contributed by atoms with Crippen molar-refractivity contribution in [3.8, 4) is 0 Å². The Morgan fingerprint density at radius 2 is 1.16 bits per heavy atom. The Bertz CT molecular complexity index is 825. The van der Waals surface area contributed by atoms with Gasteiger partial charge in [-0.1, -0.05) is 0 Å². The second-order valence-corrected chi connectivity index (χ2v) is 5.74. The normalized spacial score (nSPS) is 18.4. The van der Waals surface area contributed by atoms with Crippen molar-refractivity contribution in [1.29, 1.82) is 0 Å². The molecule has 17 nitrogen and oxygen atoms in total. The van der Waals surface area contributed by atoms with Crippen molar-refractivity contribution in [2.24, 2.45) is 5.11 Å². The molecule has 0 aliphatic heterocycles. The van der Waals surface area contributed by atoms with Gasteiger partial charge in [0.15, 0.2) is 0 Å². The van der Waals surface area contributed by atoms with Gasteiger partial charge in [-0.3, -0.25) is 24.0 Å².